The second-order valence-electron chi connectivity index (χ2n) is 2.26. The van der Waals surface area contributed by atoms with Gasteiger partial charge < -0.3 is 4.74 Å². The van der Waals surface area contributed by atoms with Crippen LogP contribution in [0.1, 0.15) is 20.3 Å². The quantitative estimate of drug-likeness (QED) is 0.483. The van der Waals surface area contributed by atoms with Crippen molar-refractivity contribution in [2.24, 2.45) is 4.99 Å². The van der Waals surface area contributed by atoms with Crippen LogP contribution >= 0.6 is 0 Å². The van der Waals surface area contributed by atoms with Gasteiger partial charge >= 0.3 is 0 Å². The summed E-state index contributed by atoms with van der Waals surface area (Å²) in [6.45, 7) is 4.00. The molecule has 0 aromatic heterocycles. The highest BCUT2D eigenvalue weighted by atomic mass is 16.5. The first-order valence-electron chi connectivity index (χ1n) is 3.14. The lowest BCUT2D eigenvalue weighted by Gasteiger charge is -2.03. The molecule has 1 unspecified atom stereocenters. The Kier molecular flexibility index (Phi) is 1.88. The van der Waals surface area contributed by atoms with Crippen molar-refractivity contribution in [1.29, 1.82) is 0 Å². The van der Waals surface area contributed by atoms with E-state index >= 15 is 0 Å². The first kappa shape index (κ1) is 6.33. The van der Waals surface area contributed by atoms with Crippen molar-refractivity contribution in [3.63, 3.8) is 0 Å². The number of aliphatic imine (C=N–C) groups is 1. The highest BCUT2D eigenvalue weighted by Crippen LogP contribution is 2.05. The van der Waals surface area contributed by atoms with Crippen molar-refractivity contribution in [2.75, 3.05) is 0 Å². The Balaban J connectivity index is 2.58. The van der Waals surface area contributed by atoms with Crippen LogP contribution in [0.4, 0.5) is 0 Å². The van der Waals surface area contributed by atoms with E-state index in [2.05, 4.69) is 11.1 Å². The lowest BCUT2D eigenvalue weighted by Crippen LogP contribution is -2.02. The summed E-state index contributed by atoms with van der Waals surface area (Å²) in [4.78, 5) is 3.99. The van der Waals surface area contributed by atoms with Crippen molar-refractivity contribution in [3.05, 3.63) is 11.8 Å². The largest absolute Gasteiger partial charge is 0.480 e. The molecule has 1 atom stereocenters. The molecule has 0 bridgehead atoms. The molecule has 1 aliphatic heterocycles. The van der Waals surface area contributed by atoms with Crippen molar-refractivity contribution < 1.29 is 4.74 Å². The molecule has 0 saturated heterocycles. The minimum absolute atomic E-state index is 0.284. The smallest absolute Gasteiger partial charge is 0.174 e. The summed E-state index contributed by atoms with van der Waals surface area (Å²) in [7, 11) is 0. The Morgan fingerprint density at radius 1 is 1.78 bits per heavy atom. The van der Waals surface area contributed by atoms with Gasteiger partial charge in [-0.2, -0.15) is 0 Å². The van der Waals surface area contributed by atoms with Crippen LogP contribution in [0.3, 0.4) is 0 Å². The number of nitrogens with zero attached hydrogens (tertiary/aromatic N) is 1. The third kappa shape index (κ3) is 1.88. The van der Waals surface area contributed by atoms with Gasteiger partial charge in [0.1, 0.15) is 6.10 Å². The van der Waals surface area contributed by atoms with Gasteiger partial charge in [0, 0.05) is 12.1 Å². The average molecular weight is 125 g/mol. The molecule has 0 aliphatic carbocycles. The molecule has 0 N–H and O–H groups in total. The van der Waals surface area contributed by atoms with E-state index in [9.17, 15) is 0 Å². The maximum atomic E-state index is 5.13. The molecule has 0 saturated carbocycles. The van der Waals surface area contributed by atoms with Crippen LogP contribution < -0.4 is 0 Å². The molecule has 0 amide bonds. The Bertz CT molecular complexity index is 149. The Labute approximate surface area is 55.2 Å². The number of hydrogen-bond donors (Lipinski definition) is 0. The van der Waals surface area contributed by atoms with Gasteiger partial charge in [-0.1, -0.05) is 6.08 Å². The molecule has 1 heterocycles. The van der Waals surface area contributed by atoms with Crippen LogP contribution in [0.2, 0.25) is 0 Å². The fourth-order valence-electron chi connectivity index (χ4n) is 0.662. The molecule has 0 spiro atoms. The Hall–Kier alpha value is -0.790. The second kappa shape index (κ2) is 2.67. The highest BCUT2D eigenvalue weighted by Gasteiger charge is 2.00. The summed E-state index contributed by atoms with van der Waals surface area (Å²) in [6.07, 6.45) is 4.84. The third-order valence-electron chi connectivity index (χ3n) is 1.29. The van der Waals surface area contributed by atoms with Gasteiger partial charge in [-0.05, 0) is 13.8 Å². The van der Waals surface area contributed by atoms with Gasteiger partial charge in [0.15, 0.2) is 6.40 Å². The number of ether oxygens (including phenoxy) is 1. The zero-order valence-corrected chi connectivity index (χ0v) is 5.79. The molecule has 9 heavy (non-hydrogen) atoms. The van der Waals surface area contributed by atoms with Crippen molar-refractivity contribution in [2.45, 2.75) is 26.4 Å². The van der Waals surface area contributed by atoms with Gasteiger partial charge in [0.05, 0.1) is 0 Å². The lowest BCUT2D eigenvalue weighted by atomic mass is 10.2. The van der Waals surface area contributed by atoms with Gasteiger partial charge in [0.2, 0.25) is 0 Å². The number of hydrogen-bond acceptors (Lipinski definition) is 2. The van der Waals surface area contributed by atoms with E-state index < -0.39 is 0 Å². The van der Waals surface area contributed by atoms with E-state index in [1.807, 2.05) is 13.8 Å². The van der Waals surface area contributed by atoms with Gasteiger partial charge in [-0.3, -0.25) is 0 Å². The molecule has 1 aliphatic rings. The summed E-state index contributed by atoms with van der Waals surface area (Å²) in [5, 5.41) is 0. The fraction of sp³-hybridized carbons (Fsp3) is 0.571. The SMILES string of the molecule is CC1=CCC(C)OC=N1. The van der Waals surface area contributed by atoms with Crippen LogP contribution in [0.15, 0.2) is 16.8 Å². The summed E-state index contributed by atoms with van der Waals surface area (Å²) >= 11 is 0. The molecular formula is C7H11NO. The predicted octanol–water partition coefficient (Wildman–Crippen LogP) is 1.73. The van der Waals surface area contributed by atoms with Crippen molar-refractivity contribution in [1.82, 2.24) is 0 Å². The van der Waals surface area contributed by atoms with Crippen LogP contribution in [0.25, 0.3) is 0 Å². The molecular weight excluding hydrogens is 114 g/mol. The molecule has 0 aromatic carbocycles. The first-order chi connectivity index (χ1) is 4.29. The minimum atomic E-state index is 0.284. The summed E-state index contributed by atoms with van der Waals surface area (Å²) in [5.74, 6) is 0. The molecule has 2 nitrogen and oxygen atoms in total. The van der Waals surface area contributed by atoms with Crippen LogP contribution in [-0.4, -0.2) is 12.5 Å². The summed E-state index contributed by atoms with van der Waals surface area (Å²) in [5.41, 5.74) is 1.04. The monoisotopic (exact) mass is 125 g/mol. The maximum Gasteiger partial charge on any atom is 0.174 e. The van der Waals surface area contributed by atoms with Crippen LogP contribution in [-0.2, 0) is 4.74 Å². The lowest BCUT2D eigenvalue weighted by molar-refractivity contribution is 0.226. The molecule has 2 heteroatoms. The normalized spacial score (nSPS) is 26.4. The van der Waals surface area contributed by atoms with E-state index in [0.29, 0.717) is 0 Å². The predicted molar refractivity (Wildman–Crippen MR) is 37.4 cm³/mol. The van der Waals surface area contributed by atoms with E-state index in [4.69, 9.17) is 4.74 Å². The standard InChI is InChI=1S/C7H11NO/c1-6-3-4-7(2)9-5-8-6/h3,5,7H,4H2,1-2H3. The molecule has 0 aromatic rings. The second-order valence-corrected chi connectivity index (χ2v) is 2.26. The fourth-order valence-corrected chi connectivity index (χ4v) is 0.662. The Morgan fingerprint density at radius 3 is 3.33 bits per heavy atom. The zero-order chi connectivity index (χ0) is 6.69. The van der Waals surface area contributed by atoms with Crippen LogP contribution in [0.5, 0.6) is 0 Å². The number of allylic oxidation sites excluding steroid dienone is 1. The minimum Gasteiger partial charge on any atom is -0.480 e. The van der Waals surface area contributed by atoms with E-state index in [0.717, 1.165) is 12.1 Å². The Morgan fingerprint density at radius 2 is 2.56 bits per heavy atom. The summed E-state index contributed by atoms with van der Waals surface area (Å²) < 4.78 is 5.13. The van der Waals surface area contributed by atoms with E-state index in [-0.39, 0.29) is 6.10 Å². The van der Waals surface area contributed by atoms with Gasteiger partial charge in [-0.25, -0.2) is 4.99 Å². The van der Waals surface area contributed by atoms with E-state index in [1.54, 1.807) is 0 Å². The summed E-state index contributed by atoms with van der Waals surface area (Å²) in [6, 6.07) is 0. The van der Waals surface area contributed by atoms with Gasteiger partial charge in [-0.15, -0.1) is 0 Å². The maximum absolute atomic E-state index is 5.13. The first-order valence-corrected chi connectivity index (χ1v) is 3.14. The van der Waals surface area contributed by atoms with E-state index in [1.165, 1.54) is 6.40 Å². The van der Waals surface area contributed by atoms with Crippen LogP contribution in [0, 0.1) is 0 Å². The average Bonchev–Trinajstić information content (AvgIpc) is 1.97. The van der Waals surface area contributed by atoms with Crippen molar-refractivity contribution in [3.8, 4) is 0 Å². The highest BCUT2D eigenvalue weighted by molar-refractivity contribution is 5.49. The molecule has 0 fully saturated rings. The van der Waals surface area contributed by atoms with Gasteiger partial charge in [0.25, 0.3) is 0 Å². The number of rotatable bonds is 0. The van der Waals surface area contributed by atoms with Crippen molar-refractivity contribution >= 4 is 6.40 Å². The zero-order valence-electron chi connectivity index (χ0n) is 5.79. The molecule has 50 valence electrons. The molecule has 1 rings (SSSR count). The third-order valence-corrected chi connectivity index (χ3v) is 1.29. The topological polar surface area (TPSA) is 21.6 Å². The molecule has 0 radical (unpaired) electrons.